The minimum atomic E-state index is -0.326. The van der Waals surface area contributed by atoms with Gasteiger partial charge >= 0.3 is 0 Å². The van der Waals surface area contributed by atoms with Gasteiger partial charge in [-0.3, -0.25) is 9.78 Å². The van der Waals surface area contributed by atoms with Crippen molar-refractivity contribution in [3.8, 4) is 5.88 Å². The molecule has 2 N–H and O–H groups in total. The molecule has 10 heteroatoms. The first-order chi connectivity index (χ1) is 17.3. The number of likely N-dealkylation sites (tertiary alicyclic amines) is 1. The predicted molar refractivity (Wildman–Crippen MR) is 139 cm³/mol. The smallest absolute Gasteiger partial charge is 0.235 e. The SMILES string of the molecule is COc1ccc2ncc(F)c(CCN3CCC(C(C)(C)NCc4ccc5c(n4)NC(=O)CS5)C3)c2n1. The number of amides is 1. The van der Waals surface area contributed by atoms with E-state index in [9.17, 15) is 9.18 Å². The van der Waals surface area contributed by atoms with Crippen LogP contribution in [0, 0.1) is 11.7 Å². The summed E-state index contributed by atoms with van der Waals surface area (Å²) in [6.45, 7) is 7.74. The minimum absolute atomic E-state index is 0.00829. The fourth-order valence-electron chi connectivity index (χ4n) is 4.89. The number of anilines is 1. The van der Waals surface area contributed by atoms with Crippen molar-refractivity contribution in [3.05, 3.63) is 47.5 Å². The summed E-state index contributed by atoms with van der Waals surface area (Å²) in [5, 5.41) is 6.53. The van der Waals surface area contributed by atoms with Gasteiger partial charge in [-0.25, -0.2) is 14.4 Å². The summed E-state index contributed by atoms with van der Waals surface area (Å²) in [5.41, 5.74) is 2.63. The maximum Gasteiger partial charge on any atom is 0.235 e. The molecule has 0 bridgehead atoms. The average Bonchev–Trinajstić information content (AvgIpc) is 3.36. The van der Waals surface area contributed by atoms with Gasteiger partial charge in [-0.15, -0.1) is 11.8 Å². The number of carbonyl (C=O) groups excluding carboxylic acids is 1. The van der Waals surface area contributed by atoms with Gasteiger partial charge in [0.1, 0.15) is 11.6 Å². The van der Waals surface area contributed by atoms with Crippen molar-refractivity contribution in [3.63, 3.8) is 0 Å². The summed E-state index contributed by atoms with van der Waals surface area (Å²) in [4.78, 5) is 28.4. The fourth-order valence-corrected chi connectivity index (χ4v) is 5.65. The number of ether oxygens (including phenoxy) is 1. The average molecular weight is 511 g/mol. The number of aromatic nitrogens is 3. The molecule has 1 atom stereocenters. The van der Waals surface area contributed by atoms with Crippen LogP contribution >= 0.6 is 11.8 Å². The number of hydrogen-bond donors (Lipinski definition) is 2. The minimum Gasteiger partial charge on any atom is -0.481 e. The molecule has 2 aliphatic heterocycles. The lowest BCUT2D eigenvalue weighted by atomic mass is 9.86. The number of methoxy groups -OCH3 is 1. The van der Waals surface area contributed by atoms with E-state index in [1.165, 1.54) is 18.0 Å². The highest BCUT2D eigenvalue weighted by Gasteiger charge is 2.35. The molecule has 0 aromatic carbocycles. The molecule has 3 aromatic heterocycles. The molecule has 0 spiro atoms. The van der Waals surface area contributed by atoms with Gasteiger partial charge in [0, 0.05) is 36.8 Å². The molecule has 190 valence electrons. The van der Waals surface area contributed by atoms with Crippen molar-refractivity contribution in [1.82, 2.24) is 25.2 Å². The molecule has 5 rings (SSSR count). The Bertz CT molecular complexity index is 1290. The molecular formula is C26H31FN6O2S. The number of fused-ring (bicyclic) bond motifs is 2. The maximum absolute atomic E-state index is 14.7. The van der Waals surface area contributed by atoms with Crippen molar-refractivity contribution < 1.29 is 13.9 Å². The first kappa shape index (κ1) is 24.9. The lowest BCUT2D eigenvalue weighted by molar-refractivity contribution is -0.113. The quantitative estimate of drug-likeness (QED) is 0.475. The Morgan fingerprint density at radius 3 is 2.97 bits per heavy atom. The van der Waals surface area contributed by atoms with E-state index in [-0.39, 0.29) is 17.3 Å². The van der Waals surface area contributed by atoms with Gasteiger partial charge in [0.05, 0.1) is 40.7 Å². The second-order valence-electron chi connectivity index (χ2n) is 9.90. The first-order valence-electron chi connectivity index (χ1n) is 12.2. The molecule has 1 fully saturated rings. The van der Waals surface area contributed by atoms with Crippen molar-refractivity contribution in [2.24, 2.45) is 5.92 Å². The van der Waals surface area contributed by atoms with Gasteiger partial charge in [0.15, 0.2) is 0 Å². The zero-order valence-electron chi connectivity index (χ0n) is 20.8. The Labute approximate surface area is 214 Å². The highest BCUT2D eigenvalue weighted by Crippen LogP contribution is 2.31. The standard InChI is InChI=1S/C26H31FN6O2S/c1-26(2,29-12-17-4-6-21-25(30-17)31-22(34)15-36-21)16-8-10-33(14-16)11-9-18-19(27)13-28-20-5-7-23(35-3)32-24(18)20/h4-7,13,16,29H,8-12,14-15H2,1-3H3,(H,30,31,34). The normalized spacial score (nSPS) is 18.3. The first-order valence-corrected chi connectivity index (χ1v) is 13.2. The maximum atomic E-state index is 14.7. The number of pyridine rings is 3. The summed E-state index contributed by atoms with van der Waals surface area (Å²) in [7, 11) is 1.55. The van der Waals surface area contributed by atoms with Crippen LogP contribution in [0.15, 0.2) is 35.4 Å². The third kappa shape index (κ3) is 5.30. The van der Waals surface area contributed by atoms with E-state index in [4.69, 9.17) is 4.74 Å². The van der Waals surface area contributed by atoms with E-state index >= 15 is 0 Å². The Balaban J connectivity index is 1.19. The molecule has 2 aliphatic rings. The van der Waals surface area contributed by atoms with Crippen LogP contribution in [-0.4, -0.2) is 63.8 Å². The van der Waals surface area contributed by atoms with Crippen LogP contribution in [0.5, 0.6) is 5.88 Å². The molecular weight excluding hydrogens is 479 g/mol. The van der Waals surface area contributed by atoms with Crippen LogP contribution < -0.4 is 15.4 Å². The number of rotatable bonds is 8. The van der Waals surface area contributed by atoms with Gasteiger partial charge in [-0.1, -0.05) is 0 Å². The summed E-state index contributed by atoms with van der Waals surface area (Å²) < 4.78 is 19.9. The highest BCUT2D eigenvalue weighted by molar-refractivity contribution is 8.00. The molecule has 8 nitrogen and oxygen atoms in total. The van der Waals surface area contributed by atoms with E-state index in [1.54, 1.807) is 13.2 Å². The molecule has 1 amide bonds. The topological polar surface area (TPSA) is 92.3 Å². The largest absolute Gasteiger partial charge is 0.481 e. The molecule has 1 unspecified atom stereocenters. The monoisotopic (exact) mass is 510 g/mol. The molecule has 5 heterocycles. The number of halogens is 1. The van der Waals surface area contributed by atoms with Crippen LogP contribution in [0.2, 0.25) is 0 Å². The van der Waals surface area contributed by atoms with Crippen LogP contribution in [0.25, 0.3) is 11.0 Å². The highest BCUT2D eigenvalue weighted by atomic mass is 32.2. The number of nitrogens with one attached hydrogen (secondary N) is 2. The van der Waals surface area contributed by atoms with E-state index in [0.29, 0.717) is 52.9 Å². The second kappa shape index (κ2) is 10.3. The summed E-state index contributed by atoms with van der Waals surface area (Å²) >= 11 is 1.52. The van der Waals surface area contributed by atoms with Crippen LogP contribution in [0.4, 0.5) is 10.2 Å². The van der Waals surface area contributed by atoms with Crippen molar-refractivity contribution in [2.75, 3.05) is 37.8 Å². The number of nitrogens with zero attached hydrogens (tertiary/aromatic N) is 4. The Hall–Kier alpha value is -2.82. The third-order valence-electron chi connectivity index (χ3n) is 7.18. The van der Waals surface area contributed by atoms with Crippen LogP contribution in [0.1, 0.15) is 31.5 Å². The molecule has 36 heavy (non-hydrogen) atoms. The fraction of sp³-hybridized carbons (Fsp3) is 0.462. The van der Waals surface area contributed by atoms with Gasteiger partial charge in [0.25, 0.3) is 0 Å². The van der Waals surface area contributed by atoms with Gasteiger partial charge in [-0.05, 0) is 57.4 Å². The van der Waals surface area contributed by atoms with Gasteiger partial charge in [0.2, 0.25) is 11.8 Å². The van der Waals surface area contributed by atoms with E-state index < -0.39 is 0 Å². The Morgan fingerprint density at radius 2 is 2.14 bits per heavy atom. The second-order valence-corrected chi connectivity index (χ2v) is 10.9. The zero-order valence-corrected chi connectivity index (χ0v) is 21.6. The molecule has 0 saturated carbocycles. The number of thioether (sulfide) groups is 1. The lowest BCUT2D eigenvalue weighted by Gasteiger charge is -2.33. The van der Waals surface area contributed by atoms with Gasteiger partial charge in [-0.2, -0.15) is 0 Å². The van der Waals surface area contributed by atoms with Crippen LogP contribution in [0.3, 0.4) is 0 Å². The third-order valence-corrected chi connectivity index (χ3v) is 8.22. The predicted octanol–water partition coefficient (Wildman–Crippen LogP) is 3.65. The summed E-state index contributed by atoms with van der Waals surface area (Å²) in [6.07, 6.45) is 2.91. The number of hydrogen-bond acceptors (Lipinski definition) is 8. The van der Waals surface area contributed by atoms with Crippen molar-refractivity contribution in [2.45, 2.75) is 43.7 Å². The van der Waals surface area contributed by atoms with E-state index in [0.717, 1.165) is 36.6 Å². The van der Waals surface area contributed by atoms with Crippen LogP contribution in [-0.2, 0) is 17.8 Å². The molecule has 1 saturated heterocycles. The van der Waals surface area contributed by atoms with Crippen molar-refractivity contribution >= 4 is 34.5 Å². The van der Waals surface area contributed by atoms with Gasteiger partial charge < -0.3 is 20.3 Å². The zero-order chi connectivity index (χ0) is 25.3. The van der Waals surface area contributed by atoms with E-state index in [1.807, 2.05) is 18.2 Å². The molecule has 0 aliphatic carbocycles. The molecule has 3 aromatic rings. The number of carbonyl (C=O) groups is 1. The summed E-state index contributed by atoms with van der Waals surface area (Å²) in [6, 6.07) is 7.60. The Kier molecular flexibility index (Phi) is 7.09. The summed E-state index contributed by atoms with van der Waals surface area (Å²) in [5.74, 6) is 1.66. The van der Waals surface area contributed by atoms with Crippen molar-refractivity contribution in [1.29, 1.82) is 0 Å². The Morgan fingerprint density at radius 1 is 1.28 bits per heavy atom. The lowest BCUT2D eigenvalue weighted by Crippen LogP contribution is -2.47. The van der Waals surface area contributed by atoms with E-state index in [2.05, 4.69) is 44.3 Å². The molecule has 0 radical (unpaired) electrons.